The molecule has 0 atom stereocenters. The number of nitrogens with one attached hydrogen (secondary N) is 1. The molecule has 0 aliphatic heterocycles. The predicted octanol–water partition coefficient (Wildman–Crippen LogP) is 3.89. The van der Waals surface area contributed by atoms with Gasteiger partial charge in [-0.2, -0.15) is 0 Å². The average molecular weight is 446 g/mol. The molecule has 0 aliphatic rings. The van der Waals surface area contributed by atoms with Crippen molar-refractivity contribution in [1.82, 2.24) is 9.55 Å². The lowest BCUT2D eigenvalue weighted by Gasteiger charge is -2.12. The first kappa shape index (κ1) is 23.1. The van der Waals surface area contributed by atoms with Gasteiger partial charge in [0, 0.05) is 11.1 Å². The molecule has 0 fully saturated rings. The van der Waals surface area contributed by atoms with E-state index in [1.807, 2.05) is 19.9 Å². The standard InChI is InChI=1S/C23H21F3N2O4/c1-4-18-19(20(29)16-10-13(2)9-14(3)11-16)27-22(31)28(21(18)30)12-15-5-7-17(8-6-15)32-23(24,25)26/h5-11H,4,12H2,1-3H3,(H,27,31). The fraction of sp³-hybridized carbons (Fsp3) is 0.261. The van der Waals surface area contributed by atoms with Crippen molar-refractivity contribution in [2.45, 2.75) is 40.1 Å². The highest BCUT2D eigenvalue weighted by atomic mass is 19.4. The summed E-state index contributed by atoms with van der Waals surface area (Å²) < 4.78 is 41.7. The summed E-state index contributed by atoms with van der Waals surface area (Å²) in [5.74, 6) is -0.866. The van der Waals surface area contributed by atoms with Gasteiger partial charge in [-0.3, -0.25) is 14.2 Å². The second-order valence-electron chi connectivity index (χ2n) is 7.43. The van der Waals surface area contributed by atoms with Crippen LogP contribution in [0.3, 0.4) is 0 Å². The van der Waals surface area contributed by atoms with Crippen molar-refractivity contribution < 1.29 is 22.7 Å². The second-order valence-corrected chi connectivity index (χ2v) is 7.43. The van der Waals surface area contributed by atoms with Gasteiger partial charge in [-0.25, -0.2) is 4.79 Å². The third-order valence-electron chi connectivity index (χ3n) is 4.84. The third kappa shape index (κ3) is 5.16. The minimum Gasteiger partial charge on any atom is -0.406 e. The van der Waals surface area contributed by atoms with Gasteiger partial charge in [0.2, 0.25) is 5.78 Å². The number of hydrogen-bond acceptors (Lipinski definition) is 4. The van der Waals surface area contributed by atoms with Crippen molar-refractivity contribution >= 4 is 5.78 Å². The number of aryl methyl sites for hydroxylation is 2. The summed E-state index contributed by atoms with van der Waals surface area (Å²) in [6, 6.07) is 10.1. The molecule has 0 saturated heterocycles. The fourth-order valence-corrected chi connectivity index (χ4v) is 3.51. The molecule has 9 heteroatoms. The molecule has 3 aromatic rings. The van der Waals surface area contributed by atoms with Gasteiger partial charge in [-0.1, -0.05) is 36.2 Å². The smallest absolute Gasteiger partial charge is 0.406 e. The lowest BCUT2D eigenvalue weighted by Crippen LogP contribution is -2.39. The predicted molar refractivity (Wildman–Crippen MR) is 112 cm³/mol. The van der Waals surface area contributed by atoms with Gasteiger partial charge in [0.25, 0.3) is 5.56 Å². The van der Waals surface area contributed by atoms with E-state index >= 15 is 0 Å². The van der Waals surface area contributed by atoms with E-state index in [2.05, 4.69) is 9.72 Å². The number of hydrogen-bond donors (Lipinski definition) is 1. The van der Waals surface area contributed by atoms with E-state index in [1.54, 1.807) is 19.1 Å². The van der Waals surface area contributed by atoms with Gasteiger partial charge in [0.05, 0.1) is 12.2 Å². The van der Waals surface area contributed by atoms with Crippen molar-refractivity contribution in [3.63, 3.8) is 0 Å². The number of carbonyl (C=O) groups is 1. The van der Waals surface area contributed by atoms with Crippen LogP contribution in [0.2, 0.25) is 0 Å². The number of benzene rings is 2. The fourth-order valence-electron chi connectivity index (χ4n) is 3.51. The largest absolute Gasteiger partial charge is 0.573 e. The quantitative estimate of drug-likeness (QED) is 0.583. The Balaban J connectivity index is 1.97. The summed E-state index contributed by atoms with van der Waals surface area (Å²) in [5.41, 5.74) is 1.23. The molecule has 0 amide bonds. The van der Waals surface area contributed by atoms with Crippen molar-refractivity contribution in [3.05, 3.63) is 96.8 Å². The Kier molecular flexibility index (Phi) is 6.38. The molecule has 0 radical (unpaired) electrons. The van der Waals surface area contributed by atoms with Crippen LogP contribution in [0.4, 0.5) is 13.2 Å². The number of ether oxygens (including phenoxy) is 1. The van der Waals surface area contributed by atoms with Crippen LogP contribution in [0, 0.1) is 13.8 Å². The minimum absolute atomic E-state index is 0.0577. The lowest BCUT2D eigenvalue weighted by atomic mass is 9.99. The minimum atomic E-state index is -4.82. The number of halogens is 3. The number of rotatable bonds is 6. The average Bonchev–Trinajstić information content (AvgIpc) is 2.69. The zero-order valence-corrected chi connectivity index (χ0v) is 17.7. The molecule has 3 rings (SSSR count). The van der Waals surface area contributed by atoms with Crippen molar-refractivity contribution in [1.29, 1.82) is 0 Å². The molecule has 0 bridgehead atoms. The lowest BCUT2D eigenvalue weighted by molar-refractivity contribution is -0.274. The van der Waals surface area contributed by atoms with Crippen LogP contribution >= 0.6 is 0 Å². The molecular weight excluding hydrogens is 425 g/mol. The zero-order valence-electron chi connectivity index (χ0n) is 17.7. The van der Waals surface area contributed by atoms with Crippen LogP contribution in [0.1, 0.15) is 45.2 Å². The highest BCUT2D eigenvalue weighted by Crippen LogP contribution is 2.23. The molecule has 1 aromatic heterocycles. The van der Waals surface area contributed by atoms with Crippen LogP contribution < -0.4 is 16.0 Å². The molecule has 0 aliphatic carbocycles. The maximum atomic E-state index is 13.0. The van der Waals surface area contributed by atoms with E-state index in [4.69, 9.17) is 0 Å². The molecule has 0 unspecified atom stereocenters. The van der Waals surface area contributed by atoms with E-state index in [1.165, 1.54) is 12.1 Å². The molecular formula is C23H21F3N2O4. The van der Waals surface area contributed by atoms with Gasteiger partial charge in [-0.15, -0.1) is 13.2 Å². The van der Waals surface area contributed by atoms with Crippen LogP contribution in [0.5, 0.6) is 5.75 Å². The van der Waals surface area contributed by atoms with E-state index < -0.39 is 29.1 Å². The first-order valence-corrected chi connectivity index (χ1v) is 9.82. The van der Waals surface area contributed by atoms with E-state index in [9.17, 15) is 27.6 Å². The summed E-state index contributed by atoms with van der Waals surface area (Å²) in [7, 11) is 0. The van der Waals surface area contributed by atoms with E-state index in [0.29, 0.717) is 11.1 Å². The Labute approximate surface area is 181 Å². The third-order valence-corrected chi connectivity index (χ3v) is 4.84. The molecule has 2 aromatic carbocycles. The zero-order chi connectivity index (χ0) is 23.6. The van der Waals surface area contributed by atoms with Crippen molar-refractivity contribution in [2.75, 3.05) is 0 Å². The molecule has 32 heavy (non-hydrogen) atoms. The number of nitrogens with zero attached hydrogens (tertiary/aromatic N) is 1. The first-order chi connectivity index (χ1) is 15.0. The Morgan fingerprint density at radius 3 is 2.16 bits per heavy atom. The number of carbonyl (C=O) groups excluding carboxylic acids is 1. The van der Waals surface area contributed by atoms with Gasteiger partial charge in [0.15, 0.2) is 0 Å². The highest BCUT2D eigenvalue weighted by molar-refractivity contribution is 6.08. The highest BCUT2D eigenvalue weighted by Gasteiger charge is 2.31. The second kappa shape index (κ2) is 8.86. The Morgan fingerprint density at radius 1 is 1.03 bits per heavy atom. The first-order valence-electron chi connectivity index (χ1n) is 9.82. The number of H-pyrrole nitrogens is 1. The van der Waals surface area contributed by atoms with Crippen LogP contribution in [0.15, 0.2) is 52.1 Å². The molecule has 0 spiro atoms. The molecule has 6 nitrogen and oxygen atoms in total. The summed E-state index contributed by atoms with van der Waals surface area (Å²) in [6.07, 6.45) is -4.61. The molecule has 168 valence electrons. The number of aromatic nitrogens is 2. The van der Waals surface area contributed by atoms with Gasteiger partial charge in [-0.05, 0) is 50.1 Å². The summed E-state index contributed by atoms with van der Waals surface area (Å²) >= 11 is 0. The molecule has 1 heterocycles. The maximum Gasteiger partial charge on any atom is 0.573 e. The summed E-state index contributed by atoms with van der Waals surface area (Å²) in [5, 5.41) is 0. The van der Waals surface area contributed by atoms with Gasteiger partial charge < -0.3 is 9.72 Å². The maximum absolute atomic E-state index is 13.0. The van der Waals surface area contributed by atoms with Crippen molar-refractivity contribution in [3.8, 4) is 5.75 Å². The van der Waals surface area contributed by atoms with Gasteiger partial charge in [0.1, 0.15) is 5.75 Å². The normalized spacial score (nSPS) is 11.4. The molecule has 1 N–H and O–H groups in total. The monoisotopic (exact) mass is 446 g/mol. The van der Waals surface area contributed by atoms with Crippen molar-refractivity contribution in [2.24, 2.45) is 0 Å². The van der Waals surface area contributed by atoms with Gasteiger partial charge >= 0.3 is 12.1 Å². The Hall–Kier alpha value is -3.62. The Morgan fingerprint density at radius 2 is 1.62 bits per heavy atom. The van der Waals surface area contributed by atoms with Crippen LogP contribution in [0.25, 0.3) is 0 Å². The van der Waals surface area contributed by atoms with Crippen LogP contribution in [-0.2, 0) is 13.0 Å². The number of aromatic amines is 1. The Bertz CT molecular complexity index is 1250. The molecule has 0 saturated carbocycles. The SMILES string of the molecule is CCc1c(C(=O)c2cc(C)cc(C)c2)[nH]c(=O)n(Cc2ccc(OC(F)(F)F)cc2)c1=O. The van der Waals surface area contributed by atoms with E-state index in [0.717, 1.165) is 27.8 Å². The summed E-state index contributed by atoms with van der Waals surface area (Å²) in [4.78, 5) is 41.2. The number of ketones is 1. The number of alkyl halides is 3. The van der Waals surface area contributed by atoms with Crippen LogP contribution in [-0.4, -0.2) is 21.7 Å². The topological polar surface area (TPSA) is 81.2 Å². The summed E-state index contributed by atoms with van der Waals surface area (Å²) in [6.45, 7) is 5.21. The van der Waals surface area contributed by atoms with E-state index in [-0.39, 0.29) is 24.2 Å².